The molecule has 4 rings (SSSR count). The molecule has 2 N–H and O–H groups in total. The van der Waals surface area contributed by atoms with E-state index in [9.17, 15) is 9.59 Å². The molecule has 0 bridgehead atoms. The Morgan fingerprint density at radius 2 is 1.97 bits per heavy atom. The molecule has 0 saturated carbocycles. The third kappa shape index (κ3) is 3.82. The van der Waals surface area contributed by atoms with Gasteiger partial charge in [-0.3, -0.25) is 9.59 Å². The molecule has 8 heteroatoms. The van der Waals surface area contributed by atoms with E-state index in [4.69, 9.17) is 10.5 Å². The Bertz CT molecular complexity index is 1060. The molecule has 1 aromatic heterocycles. The fourth-order valence-corrected chi connectivity index (χ4v) is 3.41. The number of hydrogen-bond donors (Lipinski definition) is 1. The van der Waals surface area contributed by atoms with E-state index in [2.05, 4.69) is 10.1 Å². The molecule has 29 heavy (non-hydrogen) atoms. The van der Waals surface area contributed by atoms with Crippen molar-refractivity contribution in [3.63, 3.8) is 0 Å². The van der Waals surface area contributed by atoms with E-state index >= 15 is 0 Å². The number of anilines is 1. The number of nitrogens with two attached hydrogens (primary N) is 1. The smallest absolute Gasteiger partial charge is 0.227 e. The van der Waals surface area contributed by atoms with E-state index in [1.165, 1.54) is 0 Å². The molecule has 148 valence electrons. The molecule has 0 unspecified atom stereocenters. The van der Waals surface area contributed by atoms with Crippen LogP contribution in [0.15, 0.2) is 48.5 Å². The molecule has 0 atom stereocenters. The van der Waals surface area contributed by atoms with Crippen LogP contribution in [0, 0.1) is 0 Å². The van der Waals surface area contributed by atoms with Crippen LogP contribution < -0.4 is 15.4 Å². The quantitative estimate of drug-likeness (QED) is 0.693. The van der Waals surface area contributed by atoms with E-state index in [0.29, 0.717) is 24.6 Å². The molecule has 0 aliphatic carbocycles. The van der Waals surface area contributed by atoms with Crippen molar-refractivity contribution in [2.45, 2.75) is 19.3 Å². The first-order valence-corrected chi connectivity index (χ1v) is 9.34. The van der Waals surface area contributed by atoms with Crippen LogP contribution in [0.2, 0.25) is 0 Å². The maximum absolute atomic E-state index is 12.1. The van der Waals surface area contributed by atoms with Crippen molar-refractivity contribution in [2.24, 2.45) is 5.73 Å². The van der Waals surface area contributed by atoms with E-state index in [-0.39, 0.29) is 12.3 Å². The fourth-order valence-electron chi connectivity index (χ4n) is 3.41. The summed E-state index contributed by atoms with van der Waals surface area (Å²) in [5.74, 6) is 1.25. The first-order chi connectivity index (χ1) is 14.0. The van der Waals surface area contributed by atoms with Crippen molar-refractivity contribution in [2.75, 3.05) is 18.6 Å². The topological polar surface area (TPSA) is 103 Å². The van der Waals surface area contributed by atoms with Crippen molar-refractivity contribution in [1.29, 1.82) is 0 Å². The molecule has 1 aliphatic heterocycles. The monoisotopic (exact) mass is 391 g/mol. The molecule has 2 heterocycles. The van der Waals surface area contributed by atoms with Gasteiger partial charge in [0.05, 0.1) is 19.2 Å². The van der Waals surface area contributed by atoms with Crippen LogP contribution in [0.4, 0.5) is 5.69 Å². The van der Waals surface area contributed by atoms with E-state index < -0.39 is 5.91 Å². The van der Waals surface area contributed by atoms with Crippen molar-refractivity contribution < 1.29 is 14.3 Å². The van der Waals surface area contributed by atoms with Crippen molar-refractivity contribution in [3.8, 4) is 22.8 Å². The molecule has 0 spiro atoms. The van der Waals surface area contributed by atoms with Gasteiger partial charge in [-0.05, 0) is 42.8 Å². The molecule has 1 saturated heterocycles. The highest BCUT2D eigenvalue weighted by atomic mass is 16.5. The molecule has 2 amide bonds. The molecular weight excluding hydrogens is 370 g/mol. The molecule has 3 aromatic rings. The number of ether oxygens (including phenoxy) is 1. The van der Waals surface area contributed by atoms with Gasteiger partial charge in [0, 0.05) is 24.2 Å². The van der Waals surface area contributed by atoms with Crippen molar-refractivity contribution in [3.05, 3.63) is 54.4 Å². The summed E-state index contributed by atoms with van der Waals surface area (Å²) >= 11 is 0. The minimum Gasteiger partial charge on any atom is -0.497 e. The Balaban J connectivity index is 1.78. The minimum absolute atomic E-state index is 0.0551. The Hall–Kier alpha value is -3.68. The minimum atomic E-state index is -0.500. The second-order valence-electron chi connectivity index (χ2n) is 6.80. The number of rotatable bonds is 6. The number of primary amides is 1. The van der Waals surface area contributed by atoms with Crippen LogP contribution >= 0.6 is 0 Å². The third-order valence-electron chi connectivity index (χ3n) is 4.79. The van der Waals surface area contributed by atoms with E-state index in [1.54, 1.807) is 16.7 Å². The van der Waals surface area contributed by atoms with Crippen LogP contribution in [0.3, 0.4) is 0 Å². The SMILES string of the molecule is COc1ccc(-n2nc(CC(N)=O)nc2-c2cccc(N3CCCC3=O)c2)cc1. The summed E-state index contributed by atoms with van der Waals surface area (Å²) in [4.78, 5) is 29.8. The number of nitrogens with zero attached hydrogens (tertiary/aromatic N) is 4. The van der Waals surface area contributed by atoms with Crippen LogP contribution in [0.25, 0.3) is 17.1 Å². The van der Waals surface area contributed by atoms with Crippen molar-refractivity contribution >= 4 is 17.5 Å². The second-order valence-corrected chi connectivity index (χ2v) is 6.80. The van der Waals surface area contributed by atoms with Crippen LogP contribution in [0.1, 0.15) is 18.7 Å². The molecule has 1 aliphatic rings. The highest BCUT2D eigenvalue weighted by Crippen LogP contribution is 2.28. The van der Waals surface area contributed by atoms with Crippen LogP contribution in [-0.4, -0.2) is 40.2 Å². The lowest BCUT2D eigenvalue weighted by molar-refractivity contribution is -0.118. The molecule has 8 nitrogen and oxygen atoms in total. The lowest BCUT2D eigenvalue weighted by atomic mass is 10.1. The van der Waals surface area contributed by atoms with Crippen LogP contribution in [-0.2, 0) is 16.0 Å². The number of benzene rings is 2. The van der Waals surface area contributed by atoms with Gasteiger partial charge in [-0.25, -0.2) is 9.67 Å². The van der Waals surface area contributed by atoms with Gasteiger partial charge in [-0.15, -0.1) is 0 Å². The van der Waals surface area contributed by atoms with Gasteiger partial charge in [0.1, 0.15) is 5.75 Å². The molecule has 1 fully saturated rings. The number of carbonyl (C=O) groups excluding carboxylic acids is 2. The Kier molecular flexibility index (Phi) is 4.99. The Morgan fingerprint density at radius 1 is 1.17 bits per heavy atom. The lowest BCUT2D eigenvalue weighted by Gasteiger charge is -2.16. The predicted octanol–water partition coefficient (Wildman–Crippen LogP) is 2.10. The zero-order chi connectivity index (χ0) is 20.4. The summed E-state index contributed by atoms with van der Waals surface area (Å²) in [7, 11) is 1.60. The second kappa shape index (κ2) is 7.75. The molecule has 2 aromatic carbocycles. The first kappa shape index (κ1) is 18.7. The van der Waals surface area contributed by atoms with E-state index in [1.807, 2.05) is 48.5 Å². The van der Waals surface area contributed by atoms with Gasteiger partial charge in [0.2, 0.25) is 11.8 Å². The van der Waals surface area contributed by atoms with Gasteiger partial charge < -0.3 is 15.4 Å². The van der Waals surface area contributed by atoms with Crippen molar-refractivity contribution in [1.82, 2.24) is 14.8 Å². The fraction of sp³-hybridized carbons (Fsp3) is 0.238. The predicted molar refractivity (Wildman–Crippen MR) is 108 cm³/mol. The summed E-state index contributed by atoms with van der Waals surface area (Å²) in [5, 5.41) is 4.48. The van der Waals surface area contributed by atoms with Gasteiger partial charge in [-0.1, -0.05) is 12.1 Å². The maximum atomic E-state index is 12.1. The average molecular weight is 391 g/mol. The largest absolute Gasteiger partial charge is 0.497 e. The highest BCUT2D eigenvalue weighted by molar-refractivity contribution is 5.95. The lowest BCUT2D eigenvalue weighted by Crippen LogP contribution is -2.23. The van der Waals surface area contributed by atoms with Gasteiger partial charge in [0.15, 0.2) is 11.6 Å². The average Bonchev–Trinajstić information content (AvgIpc) is 3.34. The van der Waals surface area contributed by atoms with Gasteiger partial charge in [-0.2, -0.15) is 5.10 Å². The number of carbonyl (C=O) groups is 2. The summed E-state index contributed by atoms with van der Waals surface area (Å²) in [5.41, 5.74) is 7.72. The Labute approximate surface area is 167 Å². The zero-order valence-corrected chi connectivity index (χ0v) is 16.0. The Morgan fingerprint density at radius 3 is 2.62 bits per heavy atom. The molecule has 0 radical (unpaired) electrons. The standard InChI is InChI=1S/C21H21N5O3/c1-29-17-9-7-15(8-10-17)26-21(23-19(24-26)13-18(22)27)14-4-2-5-16(12-14)25-11-3-6-20(25)28/h2,4-5,7-10,12H,3,6,11,13H2,1H3,(H2,22,27). The normalized spacial score (nSPS) is 13.7. The first-order valence-electron chi connectivity index (χ1n) is 9.34. The van der Waals surface area contributed by atoms with E-state index in [0.717, 1.165) is 29.1 Å². The third-order valence-corrected chi connectivity index (χ3v) is 4.79. The summed E-state index contributed by atoms with van der Waals surface area (Å²) in [6, 6.07) is 15.0. The summed E-state index contributed by atoms with van der Waals surface area (Å²) in [6.45, 7) is 0.709. The summed E-state index contributed by atoms with van der Waals surface area (Å²) in [6.07, 6.45) is 1.36. The number of aromatic nitrogens is 3. The summed E-state index contributed by atoms with van der Waals surface area (Å²) < 4.78 is 6.89. The van der Waals surface area contributed by atoms with Gasteiger partial charge in [0.25, 0.3) is 0 Å². The maximum Gasteiger partial charge on any atom is 0.227 e. The number of amides is 2. The van der Waals surface area contributed by atoms with Gasteiger partial charge >= 0.3 is 0 Å². The zero-order valence-electron chi connectivity index (χ0n) is 16.0. The van der Waals surface area contributed by atoms with Crippen LogP contribution in [0.5, 0.6) is 5.75 Å². The number of hydrogen-bond acceptors (Lipinski definition) is 5. The molecular formula is C21H21N5O3. The number of methoxy groups -OCH3 is 1. The highest BCUT2D eigenvalue weighted by Gasteiger charge is 2.23.